The highest BCUT2D eigenvalue weighted by Gasteiger charge is 2.33. The summed E-state index contributed by atoms with van der Waals surface area (Å²) in [4.78, 5) is 0.228. The molecule has 8 heteroatoms. The maximum atomic E-state index is 13.5. The molecule has 3 rings (SSSR count). The van der Waals surface area contributed by atoms with E-state index in [1.807, 2.05) is 71.9 Å². The summed E-state index contributed by atoms with van der Waals surface area (Å²) in [7, 11) is -3.68. The highest BCUT2D eigenvalue weighted by molar-refractivity contribution is 7.89. The van der Waals surface area contributed by atoms with Crippen molar-refractivity contribution < 1.29 is 8.42 Å². The van der Waals surface area contributed by atoms with E-state index in [2.05, 4.69) is 15.5 Å². The predicted octanol–water partition coefficient (Wildman–Crippen LogP) is 4.35. The number of hydrogen-bond acceptors (Lipinski definition) is 5. The third kappa shape index (κ3) is 4.34. The van der Waals surface area contributed by atoms with Crippen molar-refractivity contribution in [3.8, 4) is 0 Å². The summed E-state index contributed by atoms with van der Waals surface area (Å²) >= 11 is 0. The average molecular weight is 430 g/mol. The molecule has 3 aromatic rings. The van der Waals surface area contributed by atoms with E-state index in [4.69, 9.17) is 0 Å². The molecule has 2 heterocycles. The lowest BCUT2D eigenvalue weighted by Crippen LogP contribution is -2.45. The van der Waals surface area contributed by atoms with Crippen LogP contribution in [0.1, 0.15) is 53.1 Å². The van der Waals surface area contributed by atoms with Gasteiger partial charge in [-0.1, -0.05) is 44.2 Å². The number of sulfonamides is 1. The number of nitrogens with one attached hydrogen (secondary N) is 1. The summed E-state index contributed by atoms with van der Waals surface area (Å²) in [5.74, 6) is 0.705. The molecule has 0 saturated carbocycles. The molecule has 0 fully saturated rings. The van der Waals surface area contributed by atoms with Crippen LogP contribution in [0.25, 0.3) is 5.65 Å². The van der Waals surface area contributed by atoms with Crippen molar-refractivity contribution in [2.24, 2.45) is 5.92 Å². The molecule has 1 unspecified atom stereocenters. The fourth-order valence-corrected chi connectivity index (χ4v) is 5.48. The quantitative estimate of drug-likeness (QED) is 0.576. The van der Waals surface area contributed by atoms with Gasteiger partial charge in [-0.3, -0.25) is 4.40 Å². The number of pyridine rings is 1. The molecule has 1 N–H and O–H groups in total. The molecule has 0 spiro atoms. The lowest BCUT2D eigenvalue weighted by Gasteiger charge is -2.34. The van der Waals surface area contributed by atoms with Crippen molar-refractivity contribution in [1.82, 2.24) is 18.9 Å². The van der Waals surface area contributed by atoms with E-state index in [1.54, 1.807) is 27.0 Å². The van der Waals surface area contributed by atoms with Gasteiger partial charge in [0.2, 0.25) is 16.0 Å². The third-order valence-corrected chi connectivity index (χ3v) is 7.62. The second-order valence-corrected chi connectivity index (χ2v) is 10.1. The van der Waals surface area contributed by atoms with Gasteiger partial charge in [-0.25, -0.2) is 8.42 Å². The standard InChI is InChI=1S/C22H31N5O2S/c1-15(2)18(6)27(16(3)4)30(28,29)20-12-13-21-24-25-22(26(21)14-20)23-17(5)19-10-8-7-9-11-19/h7-18H,1-6H3,(H,23,25)/t17-,18?/m1/s1. The van der Waals surface area contributed by atoms with Crippen LogP contribution in [0.5, 0.6) is 0 Å². The van der Waals surface area contributed by atoms with Crippen molar-refractivity contribution in [2.45, 2.75) is 64.6 Å². The summed E-state index contributed by atoms with van der Waals surface area (Å²) in [6, 6.07) is 13.0. The Balaban J connectivity index is 1.99. The minimum Gasteiger partial charge on any atom is -0.347 e. The monoisotopic (exact) mass is 429 g/mol. The first-order chi connectivity index (χ1) is 14.1. The summed E-state index contributed by atoms with van der Waals surface area (Å²) in [6.45, 7) is 11.9. The lowest BCUT2D eigenvalue weighted by atomic mass is 10.1. The van der Waals surface area contributed by atoms with Crippen LogP contribution in [0.15, 0.2) is 53.6 Å². The molecular formula is C22H31N5O2S. The van der Waals surface area contributed by atoms with Gasteiger partial charge in [-0.15, -0.1) is 10.2 Å². The Morgan fingerprint density at radius 2 is 1.60 bits per heavy atom. The molecule has 2 aromatic heterocycles. The molecule has 2 atom stereocenters. The van der Waals surface area contributed by atoms with Crippen LogP contribution in [0.2, 0.25) is 0 Å². The highest BCUT2D eigenvalue weighted by atomic mass is 32.2. The Bertz CT molecular complexity index is 1090. The average Bonchev–Trinajstić information content (AvgIpc) is 3.10. The van der Waals surface area contributed by atoms with Gasteiger partial charge in [0, 0.05) is 18.3 Å². The van der Waals surface area contributed by atoms with E-state index in [0.29, 0.717) is 11.6 Å². The second kappa shape index (κ2) is 8.73. The van der Waals surface area contributed by atoms with Gasteiger partial charge in [-0.2, -0.15) is 4.31 Å². The number of hydrogen-bond donors (Lipinski definition) is 1. The molecule has 30 heavy (non-hydrogen) atoms. The van der Waals surface area contributed by atoms with Gasteiger partial charge < -0.3 is 5.32 Å². The Morgan fingerprint density at radius 1 is 0.933 bits per heavy atom. The minimum absolute atomic E-state index is 0.00742. The number of fused-ring (bicyclic) bond motifs is 1. The molecule has 0 saturated heterocycles. The topological polar surface area (TPSA) is 79.6 Å². The van der Waals surface area contributed by atoms with Crippen molar-refractivity contribution >= 4 is 21.6 Å². The predicted molar refractivity (Wildman–Crippen MR) is 120 cm³/mol. The molecule has 0 aliphatic carbocycles. The SMILES string of the molecule is CC(C)C(C)N(C(C)C)S(=O)(=O)c1ccc2nnc(N[C@H](C)c3ccccc3)n2c1. The van der Waals surface area contributed by atoms with Gasteiger partial charge in [-0.05, 0) is 51.3 Å². The van der Waals surface area contributed by atoms with E-state index in [1.165, 1.54) is 0 Å². The van der Waals surface area contributed by atoms with Crippen molar-refractivity contribution in [1.29, 1.82) is 0 Å². The first kappa shape index (κ1) is 22.2. The van der Waals surface area contributed by atoms with E-state index in [9.17, 15) is 8.42 Å². The highest BCUT2D eigenvalue weighted by Crippen LogP contribution is 2.26. The van der Waals surface area contributed by atoms with Crippen molar-refractivity contribution in [3.63, 3.8) is 0 Å². The minimum atomic E-state index is -3.68. The van der Waals surface area contributed by atoms with E-state index < -0.39 is 10.0 Å². The summed E-state index contributed by atoms with van der Waals surface area (Å²) in [5.41, 5.74) is 1.69. The Labute approximate surface area is 179 Å². The van der Waals surface area contributed by atoms with Crippen LogP contribution in [-0.4, -0.2) is 39.4 Å². The van der Waals surface area contributed by atoms with Crippen molar-refractivity contribution in [2.75, 3.05) is 5.32 Å². The van der Waals surface area contributed by atoms with E-state index in [0.717, 1.165) is 5.56 Å². The smallest absolute Gasteiger partial charge is 0.245 e. The third-order valence-electron chi connectivity index (χ3n) is 5.47. The molecule has 162 valence electrons. The molecule has 0 bridgehead atoms. The zero-order valence-corrected chi connectivity index (χ0v) is 19.3. The summed E-state index contributed by atoms with van der Waals surface area (Å²) < 4.78 is 30.3. The number of nitrogens with zero attached hydrogens (tertiary/aromatic N) is 4. The molecule has 7 nitrogen and oxygen atoms in total. The first-order valence-electron chi connectivity index (χ1n) is 10.3. The molecule has 0 aliphatic rings. The summed E-state index contributed by atoms with van der Waals surface area (Å²) in [6.07, 6.45) is 1.60. The summed E-state index contributed by atoms with van der Waals surface area (Å²) in [5, 5.41) is 11.7. The van der Waals surface area contributed by atoms with Crippen molar-refractivity contribution in [3.05, 3.63) is 54.2 Å². The normalized spacial score (nSPS) is 14.6. The largest absolute Gasteiger partial charge is 0.347 e. The Kier molecular flexibility index (Phi) is 6.47. The number of benzene rings is 1. The van der Waals surface area contributed by atoms with Crippen LogP contribution >= 0.6 is 0 Å². The van der Waals surface area contributed by atoms with Crippen LogP contribution < -0.4 is 5.32 Å². The molecular weight excluding hydrogens is 398 g/mol. The maximum Gasteiger partial charge on any atom is 0.245 e. The Hall–Kier alpha value is -2.45. The number of aromatic nitrogens is 3. The van der Waals surface area contributed by atoms with Crippen LogP contribution in [0.4, 0.5) is 5.95 Å². The Morgan fingerprint density at radius 3 is 2.20 bits per heavy atom. The lowest BCUT2D eigenvalue weighted by molar-refractivity contribution is 0.237. The maximum absolute atomic E-state index is 13.5. The van der Waals surface area contributed by atoms with E-state index >= 15 is 0 Å². The zero-order chi connectivity index (χ0) is 22.1. The van der Waals surface area contributed by atoms with Crippen LogP contribution in [0.3, 0.4) is 0 Å². The van der Waals surface area contributed by atoms with E-state index in [-0.39, 0.29) is 28.9 Å². The molecule has 0 aliphatic heterocycles. The van der Waals surface area contributed by atoms with Crippen LogP contribution in [0, 0.1) is 5.92 Å². The number of anilines is 1. The van der Waals surface area contributed by atoms with Gasteiger partial charge >= 0.3 is 0 Å². The van der Waals surface area contributed by atoms with Gasteiger partial charge in [0.1, 0.15) is 0 Å². The fraction of sp³-hybridized carbons (Fsp3) is 0.455. The van der Waals surface area contributed by atoms with Gasteiger partial charge in [0.05, 0.1) is 10.9 Å². The molecule has 1 aromatic carbocycles. The second-order valence-electron chi connectivity index (χ2n) is 8.31. The van der Waals surface area contributed by atoms with Gasteiger partial charge in [0.25, 0.3) is 0 Å². The first-order valence-corrected chi connectivity index (χ1v) is 11.8. The number of rotatable bonds is 8. The molecule has 0 amide bonds. The van der Waals surface area contributed by atoms with Gasteiger partial charge in [0.15, 0.2) is 5.65 Å². The van der Waals surface area contributed by atoms with Crippen LogP contribution in [-0.2, 0) is 10.0 Å². The molecule has 0 radical (unpaired) electrons. The fourth-order valence-electron chi connectivity index (χ4n) is 3.52. The zero-order valence-electron chi connectivity index (χ0n) is 18.4.